The van der Waals surface area contributed by atoms with Crippen LogP contribution in [0.15, 0.2) is 24.3 Å². The molecule has 1 N–H and O–H groups in total. The molecule has 1 fully saturated rings. The average Bonchev–Trinajstić information content (AvgIpc) is 3.12. The molecule has 0 radical (unpaired) electrons. The lowest BCUT2D eigenvalue weighted by atomic mass is 10.2. The van der Waals surface area contributed by atoms with E-state index in [0.717, 1.165) is 12.8 Å². The third kappa shape index (κ3) is 4.98. The number of nitrogens with one attached hydrogen (secondary N) is 1. The van der Waals surface area contributed by atoms with Crippen LogP contribution in [0.5, 0.6) is 0 Å². The number of hydrogen-bond acceptors (Lipinski definition) is 3. The number of sulfone groups is 1. The van der Waals surface area contributed by atoms with E-state index in [1.807, 2.05) is 0 Å². The van der Waals surface area contributed by atoms with Crippen LogP contribution in [0.4, 0.5) is 4.39 Å². The summed E-state index contributed by atoms with van der Waals surface area (Å²) >= 11 is 0. The lowest BCUT2D eigenvalue weighted by Crippen LogP contribution is -2.32. The van der Waals surface area contributed by atoms with Crippen molar-refractivity contribution in [3.8, 4) is 0 Å². The molecule has 1 amide bonds. The summed E-state index contributed by atoms with van der Waals surface area (Å²) in [5, 5.41) is 2.62. The maximum absolute atomic E-state index is 12.7. The molecule has 0 bridgehead atoms. The molecule has 2 rings (SSSR count). The molecule has 0 atom stereocenters. The molecule has 104 valence electrons. The minimum Gasteiger partial charge on any atom is -0.355 e. The van der Waals surface area contributed by atoms with Gasteiger partial charge in [0.25, 0.3) is 0 Å². The Labute approximate surface area is 111 Å². The Morgan fingerprint density at radius 3 is 2.47 bits per heavy atom. The van der Waals surface area contributed by atoms with Crippen molar-refractivity contribution in [2.45, 2.75) is 18.6 Å². The Morgan fingerprint density at radius 1 is 1.26 bits per heavy atom. The molecule has 0 spiro atoms. The summed E-state index contributed by atoms with van der Waals surface area (Å²) in [6.07, 6.45) is 2.20. The molecule has 0 saturated heterocycles. The lowest BCUT2D eigenvalue weighted by molar-refractivity contribution is -0.118. The van der Waals surface area contributed by atoms with Crippen LogP contribution in [-0.2, 0) is 20.4 Å². The second-order valence-electron chi connectivity index (χ2n) is 4.91. The Hall–Kier alpha value is -1.43. The Morgan fingerprint density at radius 2 is 1.89 bits per heavy atom. The van der Waals surface area contributed by atoms with Gasteiger partial charge in [-0.3, -0.25) is 4.79 Å². The monoisotopic (exact) mass is 285 g/mol. The molecular weight excluding hydrogens is 269 g/mol. The number of carbonyl (C=O) groups is 1. The van der Waals surface area contributed by atoms with E-state index in [1.54, 1.807) is 0 Å². The number of carbonyl (C=O) groups excluding carboxylic acids is 1. The van der Waals surface area contributed by atoms with Crippen molar-refractivity contribution in [1.29, 1.82) is 0 Å². The predicted molar refractivity (Wildman–Crippen MR) is 69.6 cm³/mol. The summed E-state index contributed by atoms with van der Waals surface area (Å²) in [4.78, 5) is 11.5. The molecular formula is C13H16FNO3S. The third-order valence-corrected chi connectivity index (χ3v) is 4.41. The molecule has 0 unspecified atom stereocenters. The van der Waals surface area contributed by atoms with Crippen molar-refractivity contribution in [2.75, 3.05) is 12.3 Å². The minimum atomic E-state index is -3.51. The first-order valence-corrected chi connectivity index (χ1v) is 7.98. The normalized spacial score (nSPS) is 15.2. The first kappa shape index (κ1) is 14.0. The number of benzene rings is 1. The summed E-state index contributed by atoms with van der Waals surface area (Å²) in [5.41, 5.74) is 0.483. The summed E-state index contributed by atoms with van der Waals surface area (Å²) in [6, 6.07) is 5.24. The second kappa shape index (κ2) is 5.69. The van der Waals surface area contributed by atoms with E-state index in [-0.39, 0.29) is 5.75 Å². The van der Waals surface area contributed by atoms with Crippen molar-refractivity contribution >= 4 is 15.7 Å². The van der Waals surface area contributed by atoms with Gasteiger partial charge in [0.05, 0.1) is 5.75 Å². The van der Waals surface area contributed by atoms with E-state index in [1.165, 1.54) is 24.3 Å². The molecule has 1 aromatic rings. The van der Waals surface area contributed by atoms with E-state index in [2.05, 4.69) is 5.32 Å². The van der Waals surface area contributed by atoms with Crippen LogP contribution < -0.4 is 5.32 Å². The van der Waals surface area contributed by atoms with Gasteiger partial charge in [0.2, 0.25) is 5.91 Å². The number of rotatable bonds is 6. The summed E-state index contributed by atoms with van der Waals surface area (Å²) in [5.74, 6) is -1.12. The molecule has 19 heavy (non-hydrogen) atoms. The van der Waals surface area contributed by atoms with Gasteiger partial charge in [0.1, 0.15) is 11.6 Å². The number of amides is 1. The van der Waals surface area contributed by atoms with Crippen molar-refractivity contribution in [3.63, 3.8) is 0 Å². The Kier molecular flexibility index (Phi) is 4.19. The fraction of sp³-hybridized carbons (Fsp3) is 0.462. The van der Waals surface area contributed by atoms with Gasteiger partial charge in [-0.2, -0.15) is 0 Å². The molecule has 1 aliphatic rings. The van der Waals surface area contributed by atoms with Gasteiger partial charge in [-0.15, -0.1) is 0 Å². The van der Waals surface area contributed by atoms with Crippen molar-refractivity contribution in [2.24, 2.45) is 5.92 Å². The molecule has 0 heterocycles. The van der Waals surface area contributed by atoms with Crippen LogP contribution in [0.3, 0.4) is 0 Å². The highest BCUT2D eigenvalue weighted by Crippen LogP contribution is 2.27. The van der Waals surface area contributed by atoms with Crippen molar-refractivity contribution in [3.05, 3.63) is 35.6 Å². The molecule has 0 aliphatic heterocycles. The molecule has 4 nitrogen and oxygen atoms in total. The van der Waals surface area contributed by atoms with Gasteiger partial charge in [-0.25, -0.2) is 12.8 Å². The standard InChI is InChI=1S/C13H16FNO3S/c14-12-5-3-11(4-6-12)8-19(17,18)9-13(16)15-7-10-1-2-10/h3-6,10H,1-2,7-9H2,(H,15,16). The zero-order chi connectivity index (χ0) is 13.9. The fourth-order valence-electron chi connectivity index (χ4n) is 1.72. The first-order chi connectivity index (χ1) is 8.94. The van der Waals surface area contributed by atoms with E-state index >= 15 is 0 Å². The minimum absolute atomic E-state index is 0.246. The maximum atomic E-state index is 12.7. The van der Waals surface area contributed by atoms with Gasteiger partial charge in [-0.05, 0) is 36.5 Å². The van der Waals surface area contributed by atoms with Gasteiger partial charge in [0.15, 0.2) is 9.84 Å². The SMILES string of the molecule is O=C(CS(=O)(=O)Cc1ccc(F)cc1)NCC1CC1. The van der Waals surface area contributed by atoms with Gasteiger partial charge >= 0.3 is 0 Å². The number of hydrogen-bond donors (Lipinski definition) is 1. The smallest absolute Gasteiger partial charge is 0.235 e. The second-order valence-corrected chi connectivity index (χ2v) is 6.97. The van der Waals surface area contributed by atoms with Gasteiger partial charge < -0.3 is 5.32 Å². The zero-order valence-electron chi connectivity index (χ0n) is 10.4. The van der Waals surface area contributed by atoms with Crippen molar-refractivity contribution in [1.82, 2.24) is 5.32 Å². The van der Waals surface area contributed by atoms with E-state index < -0.39 is 27.3 Å². The van der Waals surface area contributed by atoms with Crippen LogP contribution in [0, 0.1) is 11.7 Å². The molecule has 0 aromatic heterocycles. The average molecular weight is 285 g/mol. The quantitative estimate of drug-likeness (QED) is 0.856. The predicted octanol–water partition coefficient (Wildman–Crippen LogP) is 1.27. The van der Waals surface area contributed by atoms with Crippen LogP contribution in [0.2, 0.25) is 0 Å². The molecule has 1 aliphatic carbocycles. The Balaban J connectivity index is 1.86. The number of halogens is 1. The molecule has 6 heteroatoms. The molecule has 1 saturated carbocycles. The highest BCUT2D eigenvalue weighted by atomic mass is 32.2. The molecule has 1 aromatic carbocycles. The Bertz CT molecular complexity index is 550. The van der Waals surface area contributed by atoms with Crippen LogP contribution in [-0.4, -0.2) is 26.6 Å². The maximum Gasteiger partial charge on any atom is 0.235 e. The van der Waals surface area contributed by atoms with Crippen molar-refractivity contribution < 1.29 is 17.6 Å². The largest absolute Gasteiger partial charge is 0.355 e. The van der Waals surface area contributed by atoms with E-state index in [4.69, 9.17) is 0 Å². The van der Waals surface area contributed by atoms with E-state index in [0.29, 0.717) is 18.0 Å². The van der Waals surface area contributed by atoms with Crippen LogP contribution in [0.25, 0.3) is 0 Å². The van der Waals surface area contributed by atoms with E-state index in [9.17, 15) is 17.6 Å². The third-order valence-electron chi connectivity index (χ3n) is 2.94. The summed E-state index contributed by atoms with van der Waals surface area (Å²) in [6.45, 7) is 0.560. The summed E-state index contributed by atoms with van der Waals surface area (Å²) < 4.78 is 36.3. The fourth-order valence-corrected chi connectivity index (χ4v) is 3.02. The lowest BCUT2D eigenvalue weighted by Gasteiger charge is -2.06. The highest BCUT2D eigenvalue weighted by Gasteiger charge is 2.23. The topological polar surface area (TPSA) is 63.2 Å². The highest BCUT2D eigenvalue weighted by molar-refractivity contribution is 7.91. The van der Waals surface area contributed by atoms with Crippen LogP contribution in [0.1, 0.15) is 18.4 Å². The van der Waals surface area contributed by atoms with Crippen LogP contribution >= 0.6 is 0 Å². The first-order valence-electron chi connectivity index (χ1n) is 6.16. The summed E-state index contributed by atoms with van der Waals surface area (Å²) in [7, 11) is -3.51. The zero-order valence-corrected chi connectivity index (χ0v) is 11.2. The van der Waals surface area contributed by atoms with Gasteiger partial charge in [-0.1, -0.05) is 12.1 Å². The van der Waals surface area contributed by atoms with Gasteiger partial charge in [0, 0.05) is 6.54 Å².